The van der Waals surface area contributed by atoms with Crippen LogP contribution in [-0.2, 0) is 9.53 Å². The van der Waals surface area contributed by atoms with Gasteiger partial charge in [0.2, 0.25) is 15.9 Å². The fourth-order valence-corrected chi connectivity index (χ4v) is 4.69. The highest BCUT2D eigenvalue weighted by atomic mass is 35.5. The van der Waals surface area contributed by atoms with Gasteiger partial charge >= 0.3 is 0 Å². The first-order chi connectivity index (χ1) is 15.5. The molecular formula is C21H24ClN5O4S. The van der Waals surface area contributed by atoms with E-state index in [4.69, 9.17) is 16.3 Å². The number of aromatic nitrogens is 2. The van der Waals surface area contributed by atoms with Crippen LogP contribution in [0.15, 0.2) is 24.3 Å². The van der Waals surface area contributed by atoms with Gasteiger partial charge in [-0.05, 0) is 43.9 Å². The third-order valence-electron chi connectivity index (χ3n) is 5.57. The zero-order chi connectivity index (χ0) is 22.5. The fraction of sp³-hybridized carbons (Fsp3) is 0.476. The molecule has 2 aliphatic rings. The van der Waals surface area contributed by atoms with Crippen molar-refractivity contribution in [1.29, 1.82) is 0 Å². The third kappa shape index (κ3) is 5.62. The molecule has 2 N–H and O–H groups in total. The number of halogens is 1. The summed E-state index contributed by atoms with van der Waals surface area (Å²) in [5.74, 6) is -0.828. The first-order valence-corrected chi connectivity index (χ1v) is 11.8. The SMILES string of the molecule is O=C(Nc1cccc(Cl)c1)c1nnc(C(=O)N2CCC(C(=O)NC[C@@H]3CCCO3)CC2)s1. The zero-order valence-corrected chi connectivity index (χ0v) is 19.0. The fourth-order valence-electron chi connectivity index (χ4n) is 3.80. The minimum atomic E-state index is -0.453. The van der Waals surface area contributed by atoms with Crippen molar-refractivity contribution in [2.75, 3.05) is 31.6 Å². The van der Waals surface area contributed by atoms with E-state index >= 15 is 0 Å². The number of carbonyl (C=O) groups is 3. The summed E-state index contributed by atoms with van der Waals surface area (Å²) in [5, 5.41) is 14.2. The van der Waals surface area contributed by atoms with Gasteiger partial charge in [-0.15, -0.1) is 10.2 Å². The number of hydrogen-bond acceptors (Lipinski definition) is 7. The number of benzene rings is 1. The third-order valence-corrected chi connectivity index (χ3v) is 6.71. The predicted molar refractivity (Wildman–Crippen MR) is 120 cm³/mol. The van der Waals surface area contributed by atoms with Crippen LogP contribution in [0.4, 0.5) is 5.69 Å². The lowest BCUT2D eigenvalue weighted by Gasteiger charge is -2.30. The van der Waals surface area contributed by atoms with E-state index in [1.54, 1.807) is 29.2 Å². The molecule has 11 heteroatoms. The van der Waals surface area contributed by atoms with Crippen molar-refractivity contribution in [2.45, 2.75) is 31.8 Å². The molecule has 1 aromatic carbocycles. The number of ether oxygens (including phenoxy) is 1. The van der Waals surface area contributed by atoms with Crippen molar-refractivity contribution >= 4 is 46.3 Å². The molecule has 2 saturated heterocycles. The summed E-state index contributed by atoms with van der Waals surface area (Å²) >= 11 is 6.87. The number of anilines is 1. The van der Waals surface area contributed by atoms with Crippen LogP contribution in [0.3, 0.4) is 0 Å². The van der Waals surface area contributed by atoms with Crippen molar-refractivity contribution in [2.24, 2.45) is 5.92 Å². The maximum absolute atomic E-state index is 12.8. The predicted octanol–water partition coefficient (Wildman–Crippen LogP) is 2.59. The zero-order valence-electron chi connectivity index (χ0n) is 17.4. The Morgan fingerprint density at radius 3 is 2.66 bits per heavy atom. The number of rotatable bonds is 6. The van der Waals surface area contributed by atoms with Crippen molar-refractivity contribution in [3.8, 4) is 0 Å². The summed E-state index contributed by atoms with van der Waals surface area (Å²) in [6.07, 6.45) is 3.31. The largest absolute Gasteiger partial charge is 0.376 e. The Morgan fingerprint density at radius 2 is 1.94 bits per heavy atom. The van der Waals surface area contributed by atoms with Crippen molar-refractivity contribution in [1.82, 2.24) is 20.4 Å². The molecule has 3 heterocycles. The van der Waals surface area contributed by atoms with Crippen molar-refractivity contribution in [3.05, 3.63) is 39.3 Å². The molecule has 9 nitrogen and oxygen atoms in total. The van der Waals surface area contributed by atoms with E-state index in [1.165, 1.54) is 0 Å². The summed E-state index contributed by atoms with van der Waals surface area (Å²) < 4.78 is 5.53. The number of piperidine rings is 1. The number of amides is 3. The highest BCUT2D eigenvalue weighted by Crippen LogP contribution is 2.22. The molecule has 3 amide bonds. The second kappa shape index (κ2) is 10.4. The van der Waals surface area contributed by atoms with E-state index < -0.39 is 5.91 Å². The van der Waals surface area contributed by atoms with Gasteiger partial charge in [0.1, 0.15) is 0 Å². The van der Waals surface area contributed by atoms with Crippen LogP contribution >= 0.6 is 22.9 Å². The molecule has 1 aromatic heterocycles. The molecule has 0 aliphatic carbocycles. The number of likely N-dealkylation sites (tertiary alicyclic amines) is 1. The Balaban J connectivity index is 1.26. The average Bonchev–Trinajstić information content (AvgIpc) is 3.49. The van der Waals surface area contributed by atoms with Crippen LogP contribution in [0.2, 0.25) is 5.02 Å². The van der Waals surface area contributed by atoms with Gasteiger partial charge in [-0.2, -0.15) is 0 Å². The Hall–Kier alpha value is -2.56. The normalized spacial score (nSPS) is 19.0. The summed E-state index contributed by atoms with van der Waals surface area (Å²) in [6, 6.07) is 6.75. The minimum Gasteiger partial charge on any atom is -0.376 e. The van der Waals surface area contributed by atoms with Gasteiger partial charge in [-0.3, -0.25) is 14.4 Å². The molecule has 2 fully saturated rings. The first kappa shape index (κ1) is 22.6. The van der Waals surface area contributed by atoms with E-state index in [0.717, 1.165) is 30.8 Å². The second-order valence-electron chi connectivity index (χ2n) is 7.82. The van der Waals surface area contributed by atoms with Gasteiger partial charge in [-0.25, -0.2) is 0 Å². The van der Waals surface area contributed by atoms with Gasteiger partial charge in [0, 0.05) is 42.9 Å². The molecule has 0 radical (unpaired) electrons. The van der Waals surface area contributed by atoms with E-state index in [2.05, 4.69) is 20.8 Å². The molecule has 32 heavy (non-hydrogen) atoms. The Morgan fingerprint density at radius 1 is 1.16 bits per heavy atom. The van der Waals surface area contributed by atoms with E-state index in [0.29, 0.717) is 43.2 Å². The number of carbonyl (C=O) groups excluding carboxylic acids is 3. The van der Waals surface area contributed by atoms with E-state index in [1.807, 2.05) is 0 Å². The Bertz CT molecular complexity index is 986. The molecular weight excluding hydrogens is 454 g/mol. The van der Waals surface area contributed by atoms with Crippen LogP contribution in [0, 0.1) is 5.92 Å². The van der Waals surface area contributed by atoms with E-state index in [9.17, 15) is 14.4 Å². The molecule has 2 aromatic rings. The van der Waals surface area contributed by atoms with Crippen LogP contribution < -0.4 is 10.6 Å². The monoisotopic (exact) mass is 477 g/mol. The molecule has 4 rings (SSSR count). The van der Waals surface area contributed by atoms with Gasteiger partial charge in [0.05, 0.1) is 6.10 Å². The van der Waals surface area contributed by atoms with Crippen LogP contribution in [0.25, 0.3) is 0 Å². The number of nitrogens with zero attached hydrogens (tertiary/aromatic N) is 3. The molecule has 0 spiro atoms. The molecule has 170 valence electrons. The molecule has 1 atom stereocenters. The summed E-state index contributed by atoms with van der Waals surface area (Å²) in [5.41, 5.74) is 0.533. The highest BCUT2D eigenvalue weighted by Gasteiger charge is 2.30. The maximum atomic E-state index is 12.8. The lowest BCUT2D eigenvalue weighted by Crippen LogP contribution is -2.44. The Labute approximate surface area is 194 Å². The molecule has 0 unspecified atom stereocenters. The summed E-state index contributed by atoms with van der Waals surface area (Å²) in [6.45, 7) is 2.22. The van der Waals surface area contributed by atoms with Gasteiger partial charge in [0.15, 0.2) is 0 Å². The van der Waals surface area contributed by atoms with Gasteiger partial charge < -0.3 is 20.3 Å². The number of nitrogens with one attached hydrogen (secondary N) is 2. The Kier molecular flexibility index (Phi) is 7.33. The quantitative estimate of drug-likeness (QED) is 0.661. The molecule has 0 saturated carbocycles. The molecule has 0 bridgehead atoms. The minimum absolute atomic E-state index is 0.0171. The van der Waals surface area contributed by atoms with Crippen LogP contribution in [0.5, 0.6) is 0 Å². The number of hydrogen-bond donors (Lipinski definition) is 2. The molecule has 2 aliphatic heterocycles. The smallest absolute Gasteiger partial charge is 0.286 e. The van der Waals surface area contributed by atoms with Crippen molar-refractivity contribution < 1.29 is 19.1 Å². The standard InChI is InChI=1S/C21H24ClN5O4S/c22-14-3-1-4-15(11-14)24-18(29)19-25-26-20(32-19)21(30)27-8-6-13(7-9-27)17(28)23-12-16-5-2-10-31-16/h1,3-4,11,13,16H,2,5-10,12H2,(H,23,28)(H,24,29)/t16-/m0/s1. The van der Waals surface area contributed by atoms with Crippen molar-refractivity contribution in [3.63, 3.8) is 0 Å². The lowest BCUT2D eigenvalue weighted by atomic mass is 9.96. The van der Waals surface area contributed by atoms with Gasteiger partial charge in [0.25, 0.3) is 11.8 Å². The first-order valence-electron chi connectivity index (χ1n) is 10.6. The summed E-state index contributed by atoms with van der Waals surface area (Å²) in [7, 11) is 0. The van der Waals surface area contributed by atoms with Crippen LogP contribution in [-0.4, -0.2) is 65.2 Å². The second-order valence-corrected chi connectivity index (χ2v) is 9.24. The maximum Gasteiger partial charge on any atom is 0.286 e. The average molecular weight is 478 g/mol. The van der Waals surface area contributed by atoms with E-state index in [-0.39, 0.29) is 33.9 Å². The lowest BCUT2D eigenvalue weighted by molar-refractivity contribution is -0.126. The summed E-state index contributed by atoms with van der Waals surface area (Å²) in [4.78, 5) is 39.2. The van der Waals surface area contributed by atoms with Crippen LogP contribution in [0.1, 0.15) is 45.3 Å². The topological polar surface area (TPSA) is 114 Å². The highest BCUT2D eigenvalue weighted by molar-refractivity contribution is 7.15. The van der Waals surface area contributed by atoms with Gasteiger partial charge in [-0.1, -0.05) is 29.0 Å².